The molecule has 1 aromatic carbocycles. The highest BCUT2D eigenvalue weighted by atomic mass is 32.2. The predicted molar refractivity (Wildman–Crippen MR) is 68.4 cm³/mol. The molecule has 1 unspecified atom stereocenters. The van der Waals surface area contributed by atoms with Crippen LogP contribution >= 0.6 is 11.8 Å². The number of aliphatic hydroxyl groups is 1. The third-order valence-corrected chi connectivity index (χ3v) is 3.65. The second-order valence-corrected chi connectivity index (χ2v) is 4.84. The van der Waals surface area contributed by atoms with E-state index in [2.05, 4.69) is 26.0 Å². The van der Waals surface area contributed by atoms with E-state index in [0.29, 0.717) is 0 Å². The second kappa shape index (κ2) is 6.91. The lowest BCUT2D eigenvalue weighted by Crippen LogP contribution is -2.01. The number of hydrogen-bond donors (Lipinski definition) is 1. The van der Waals surface area contributed by atoms with Gasteiger partial charge in [-0.2, -0.15) is 11.8 Å². The number of thioether (sulfide) groups is 1. The molecule has 0 bridgehead atoms. The molecule has 84 valence electrons. The average molecular weight is 224 g/mol. The lowest BCUT2D eigenvalue weighted by molar-refractivity contribution is 0.204. The van der Waals surface area contributed by atoms with Gasteiger partial charge in [-0.15, -0.1) is 0 Å². The van der Waals surface area contributed by atoms with Gasteiger partial charge in [-0.25, -0.2) is 0 Å². The van der Waals surface area contributed by atoms with Crippen molar-refractivity contribution in [2.24, 2.45) is 0 Å². The fourth-order valence-electron chi connectivity index (χ4n) is 1.41. The van der Waals surface area contributed by atoms with Crippen LogP contribution in [0.2, 0.25) is 0 Å². The molecule has 0 aliphatic carbocycles. The Morgan fingerprint density at radius 2 is 1.87 bits per heavy atom. The minimum atomic E-state index is -0.313. The molecule has 2 heteroatoms. The molecule has 1 N–H and O–H groups in total. The molecule has 0 fully saturated rings. The summed E-state index contributed by atoms with van der Waals surface area (Å²) in [6, 6.07) is 8.28. The van der Waals surface area contributed by atoms with Crippen LogP contribution in [0.15, 0.2) is 24.3 Å². The van der Waals surface area contributed by atoms with Crippen LogP contribution in [0.25, 0.3) is 0 Å². The summed E-state index contributed by atoms with van der Waals surface area (Å²) in [6.45, 7) is 4.30. The Kier molecular flexibility index (Phi) is 5.81. The smallest absolute Gasteiger partial charge is 0.0880 e. The van der Waals surface area contributed by atoms with Crippen molar-refractivity contribution < 1.29 is 5.11 Å². The van der Waals surface area contributed by atoms with E-state index in [0.717, 1.165) is 23.5 Å². The minimum absolute atomic E-state index is 0.313. The molecule has 1 aromatic rings. The second-order valence-electron chi connectivity index (χ2n) is 3.69. The van der Waals surface area contributed by atoms with Gasteiger partial charge in [-0.05, 0) is 29.7 Å². The van der Waals surface area contributed by atoms with Gasteiger partial charge in [0.1, 0.15) is 0 Å². The SMILES string of the molecule is CCCSCC(O)c1ccc(CC)cc1. The van der Waals surface area contributed by atoms with Gasteiger partial charge in [0.05, 0.1) is 6.10 Å². The van der Waals surface area contributed by atoms with Crippen molar-refractivity contribution >= 4 is 11.8 Å². The first-order chi connectivity index (χ1) is 7.27. The van der Waals surface area contributed by atoms with Crippen molar-refractivity contribution in [2.45, 2.75) is 32.8 Å². The predicted octanol–water partition coefficient (Wildman–Crippen LogP) is 3.43. The largest absolute Gasteiger partial charge is 0.388 e. The summed E-state index contributed by atoms with van der Waals surface area (Å²) in [5.41, 5.74) is 2.36. The summed E-state index contributed by atoms with van der Waals surface area (Å²) in [7, 11) is 0. The number of aliphatic hydroxyl groups excluding tert-OH is 1. The van der Waals surface area contributed by atoms with E-state index in [4.69, 9.17) is 0 Å². The van der Waals surface area contributed by atoms with E-state index in [-0.39, 0.29) is 6.10 Å². The molecule has 0 saturated heterocycles. The van der Waals surface area contributed by atoms with E-state index in [1.54, 1.807) is 0 Å². The van der Waals surface area contributed by atoms with Crippen LogP contribution in [0.1, 0.15) is 37.5 Å². The van der Waals surface area contributed by atoms with Crippen LogP contribution in [0.5, 0.6) is 0 Å². The van der Waals surface area contributed by atoms with Crippen molar-refractivity contribution in [1.82, 2.24) is 0 Å². The Labute approximate surface area is 96.9 Å². The van der Waals surface area contributed by atoms with E-state index >= 15 is 0 Å². The van der Waals surface area contributed by atoms with Crippen molar-refractivity contribution in [3.05, 3.63) is 35.4 Å². The zero-order valence-corrected chi connectivity index (χ0v) is 10.4. The molecular formula is C13H20OS. The Morgan fingerprint density at radius 3 is 2.40 bits per heavy atom. The van der Waals surface area contributed by atoms with Crippen LogP contribution in [-0.4, -0.2) is 16.6 Å². The maximum atomic E-state index is 9.89. The van der Waals surface area contributed by atoms with Gasteiger partial charge < -0.3 is 5.11 Å². The normalized spacial score (nSPS) is 12.7. The summed E-state index contributed by atoms with van der Waals surface area (Å²) in [5, 5.41) is 9.89. The highest BCUT2D eigenvalue weighted by Crippen LogP contribution is 2.19. The zero-order valence-electron chi connectivity index (χ0n) is 9.57. The minimum Gasteiger partial charge on any atom is -0.388 e. The van der Waals surface area contributed by atoms with Crippen LogP contribution in [0, 0.1) is 0 Å². The van der Waals surface area contributed by atoms with Crippen molar-refractivity contribution in [3.63, 3.8) is 0 Å². The summed E-state index contributed by atoms with van der Waals surface area (Å²) in [4.78, 5) is 0. The summed E-state index contributed by atoms with van der Waals surface area (Å²) < 4.78 is 0. The van der Waals surface area contributed by atoms with Crippen LogP contribution in [0.3, 0.4) is 0 Å². The fraction of sp³-hybridized carbons (Fsp3) is 0.538. The first-order valence-corrected chi connectivity index (χ1v) is 6.78. The molecule has 0 spiro atoms. The lowest BCUT2D eigenvalue weighted by Gasteiger charge is -2.10. The molecule has 1 rings (SSSR count). The number of aryl methyl sites for hydroxylation is 1. The summed E-state index contributed by atoms with van der Waals surface area (Å²) in [5.74, 6) is 1.93. The molecule has 0 radical (unpaired) electrons. The lowest BCUT2D eigenvalue weighted by atomic mass is 10.1. The molecule has 0 aliphatic rings. The van der Waals surface area contributed by atoms with E-state index in [9.17, 15) is 5.11 Å². The van der Waals surface area contributed by atoms with Crippen LogP contribution in [0.4, 0.5) is 0 Å². The topological polar surface area (TPSA) is 20.2 Å². The van der Waals surface area contributed by atoms with E-state index in [1.807, 2.05) is 23.9 Å². The Balaban J connectivity index is 2.46. The molecule has 1 atom stereocenters. The summed E-state index contributed by atoms with van der Waals surface area (Å²) >= 11 is 1.82. The third-order valence-electron chi connectivity index (χ3n) is 2.40. The Morgan fingerprint density at radius 1 is 1.20 bits per heavy atom. The highest BCUT2D eigenvalue weighted by molar-refractivity contribution is 7.99. The molecule has 0 heterocycles. The van der Waals surface area contributed by atoms with Gasteiger partial charge in [0, 0.05) is 5.75 Å². The molecule has 1 nitrogen and oxygen atoms in total. The highest BCUT2D eigenvalue weighted by Gasteiger charge is 2.06. The number of benzene rings is 1. The molecule has 0 saturated carbocycles. The first-order valence-electron chi connectivity index (χ1n) is 5.62. The van der Waals surface area contributed by atoms with Gasteiger partial charge in [-0.3, -0.25) is 0 Å². The molecule has 15 heavy (non-hydrogen) atoms. The van der Waals surface area contributed by atoms with Gasteiger partial charge in [0.15, 0.2) is 0 Å². The van der Waals surface area contributed by atoms with Gasteiger partial charge in [-0.1, -0.05) is 38.1 Å². The monoisotopic (exact) mass is 224 g/mol. The van der Waals surface area contributed by atoms with Gasteiger partial charge in [0.25, 0.3) is 0 Å². The maximum absolute atomic E-state index is 9.89. The quantitative estimate of drug-likeness (QED) is 0.747. The van der Waals surface area contributed by atoms with Crippen molar-refractivity contribution in [1.29, 1.82) is 0 Å². The van der Waals surface area contributed by atoms with Crippen molar-refractivity contribution in [3.8, 4) is 0 Å². The Hall–Kier alpha value is -0.470. The average Bonchev–Trinajstić information content (AvgIpc) is 2.29. The van der Waals surface area contributed by atoms with Gasteiger partial charge in [0.2, 0.25) is 0 Å². The van der Waals surface area contributed by atoms with E-state index < -0.39 is 0 Å². The van der Waals surface area contributed by atoms with Crippen LogP contribution in [-0.2, 0) is 6.42 Å². The third kappa shape index (κ3) is 4.27. The number of hydrogen-bond acceptors (Lipinski definition) is 2. The Bertz CT molecular complexity index is 268. The molecule has 0 aliphatic heterocycles. The standard InChI is InChI=1S/C13H20OS/c1-3-9-15-10-13(14)12-7-5-11(4-2)6-8-12/h5-8,13-14H,3-4,9-10H2,1-2H3. The maximum Gasteiger partial charge on any atom is 0.0880 e. The summed E-state index contributed by atoms with van der Waals surface area (Å²) in [6.07, 6.45) is 1.92. The van der Waals surface area contributed by atoms with Gasteiger partial charge >= 0.3 is 0 Å². The number of rotatable bonds is 6. The van der Waals surface area contributed by atoms with Crippen molar-refractivity contribution in [2.75, 3.05) is 11.5 Å². The fourth-order valence-corrected chi connectivity index (χ4v) is 2.28. The molecule has 0 aromatic heterocycles. The molecule has 0 amide bonds. The zero-order chi connectivity index (χ0) is 11.1. The van der Waals surface area contributed by atoms with Crippen LogP contribution < -0.4 is 0 Å². The molecular weight excluding hydrogens is 204 g/mol. The van der Waals surface area contributed by atoms with E-state index in [1.165, 1.54) is 12.0 Å². The first kappa shape index (κ1) is 12.6.